The highest BCUT2D eigenvalue weighted by Gasteiger charge is 2.46. The van der Waals surface area contributed by atoms with Crippen LogP contribution in [0.1, 0.15) is 108 Å². The first-order chi connectivity index (χ1) is 29.4. The second-order valence-electron chi connectivity index (χ2n) is 19.7. The monoisotopic (exact) mass is 848 g/mol. The number of likely N-dealkylation sites (tertiary alicyclic amines) is 1. The summed E-state index contributed by atoms with van der Waals surface area (Å²) in [6.45, 7) is 16.1. The minimum atomic E-state index is -0.857. The number of pyridine rings is 1. The van der Waals surface area contributed by atoms with Gasteiger partial charge in [-0.05, 0) is 100 Å². The fourth-order valence-electron chi connectivity index (χ4n) is 11.0. The number of rotatable bonds is 7. The molecule has 3 N–H and O–H groups in total. The number of hydrogen-bond donors (Lipinski definition) is 3. The lowest BCUT2D eigenvalue weighted by Gasteiger charge is -2.51. The summed E-state index contributed by atoms with van der Waals surface area (Å²) < 4.78 is 8.57. The van der Waals surface area contributed by atoms with E-state index in [1.807, 2.05) is 12.3 Å². The van der Waals surface area contributed by atoms with Gasteiger partial charge in [-0.1, -0.05) is 46.6 Å². The molecule has 1 aromatic carbocycles. The van der Waals surface area contributed by atoms with Gasteiger partial charge in [0, 0.05) is 83.6 Å². The van der Waals surface area contributed by atoms with Crippen LogP contribution in [-0.2, 0) is 38.5 Å². The van der Waals surface area contributed by atoms with Crippen molar-refractivity contribution in [2.45, 2.75) is 129 Å². The Hall–Kier alpha value is -4.17. The van der Waals surface area contributed by atoms with Gasteiger partial charge in [-0.3, -0.25) is 29.3 Å². The van der Waals surface area contributed by atoms with E-state index in [4.69, 9.17) is 14.7 Å². The molecule has 3 atom stereocenters. The van der Waals surface area contributed by atoms with Gasteiger partial charge in [0.2, 0.25) is 5.91 Å². The molecule has 326 valence electrons. The number of carbonyl (C=O) groups is 3. The molecule has 0 radical (unpaired) electrons. The number of amides is 2. The lowest BCUT2D eigenvalue weighted by Crippen LogP contribution is -2.66. The number of benzene rings is 1. The predicted molar refractivity (Wildman–Crippen MR) is 240 cm³/mol. The number of aromatic nitrogens is 3. The molecule has 6 bridgehead atoms. The first-order valence-corrected chi connectivity index (χ1v) is 23.8. The number of hydrazine groups is 1. The summed E-state index contributed by atoms with van der Waals surface area (Å²) in [5.74, 6) is -0.188. The van der Waals surface area contributed by atoms with Crippen molar-refractivity contribution >= 4 is 40.0 Å². The Balaban J connectivity index is 1.10. The van der Waals surface area contributed by atoms with Crippen LogP contribution in [0, 0.1) is 16.7 Å². The van der Waals surface area contributed by atoms with Gasteiger partial charge in [-0.15, -0.1) is 11.3 Å². The van der Waals surface area contributed by atoms with Crippen molar-refractivity contribution in [1.82, 2.24) is 40.5 Å². The largest absolute Gasteiger partial charge is 0.464 e. The second-order valence-corrected chi connectivity index (χ2v) is 20.7. The molecule has 1 spiro atoms. The standard InChI is InChI=1S/C48H64N8O4S/c1-6-55-39-17-16-32-22-34(39)35(43(55)33-14-9-19-50-41(33)30(2)3)24-47(4,5)29-60-46(59)36-15-10-21-56(53-36)45(58)37(23-40-51-38(32)25-61-40)52-44(57)42(31-12-7-8-13-31)54-20-11-18-48(28-54)26-49-27-48/h9,14,16-17,19,22,25,30-31,36-37,42,49,53H,6-8,10-13,15,18,20-21,23-24,26-29H2,1-5H3,(H,52,57)/t36-,37-,42-/m0/s1. The average Bonchev–Trinajstić information content (AvgIpc) is 4.02. The Morgan fingerprint density at radius 1 is 1.07 bits per heavy atom. The van der Waals surface area contributed by atoms with Crippen LogP contribution in [0.15, 0.2) is 41.9 Å². The normalized spacial score (nSPS) is 24.1. The van der Waals surface area contributed by atoms with Crippen LogP contribution in [-0.4, -0.2) is 99.7 Å². The van der Waals surface area contributed by atoms with Gasteiger partial charge in [0.05, 0.1) is 34.7 Å². The number of nitrogens with zero attached hydrogens (tertiary/aromatic N) is 5. The number of esters is 1. The van der Waals surface area contributed by atoms with Crippen molar-refractivity contribution in [1.29, 1.82) is 0 Å². The van der Waals surface area contributed by atoms with Crippen molar-refractivity contribution in [3.63, 3.8) is 0 Å². The van der Waals surface area contributed by atoms with Gasteiger partial charge in [-0.2, -0.15) is 0 Å². The molecule has 5 aliphatic rings. The number of piperidine rings is 1. The van der Waals surface area contributed by atoms with Crippen molar-refractivity contribution in [2.75, 3.05) is 39.3 Å². The molecular formula is C48H64N8O4S. The summed E-state index contributed by atoms with van der Waals surface area (Å²) in [6, 6.07) is 9.01. The van der Waals surface area contributed by atoms with E-state index in [0.717, 1.165) is 109 Å². The number of hydrogen-bond acceptors (Lipinski definition) is 10. The van der Waals surface area contributed by atoms with Crippen molar-refractivity contribution in [3.8, 4) is 22.5 Å². The van der Waals surface area contributed by atoms with E-state index in [0.29, 0.717) is 25.8 Å². The molecule has 3 aromatic heterocycles. The number of fused-ring (bicyclic) bond motifs is 6. The van der Waals surface area contributed by atoms with E-state index in [1.54, 1.807) is 5.01 Å². The third-order valence-corrected chi connectivity index (χ3v) is 15.0. The number of thiazole rings is 1. The summed E-state index contributed by atoms with van der Waals surface area (Å²) in [6.07, 6.45) is 10.6. The Labute approximate surface area is 364 Å². The predicted octanol–water partition coefficient (Wildman–Crippen LogP) is 6.86. The third kappa shape index (κ3) is 8.39. The van der Waals surface area contributed by atoms with Crippen LogP contribution < -0.4 is 16.1 Å². The van der Waals surface area contributed by atoms with Gasteiger partial charge in [-0.25, -0.2) is 10.4 Å². The zero-order chi connectivity index (χ0) is 42.5. The number of cyclic esters (lactones) is 1. The van der Waals surface area contributed by atoms with Crippen LogP contribution >= 0.6 is 11.3 Å². The van der Waals surface area contributed by atoms with E-state index >= 15 is 0 Å². The number of ether oxygens (including phenoxy) is 1. The van der Waals surface area contributed by atoms with Gasteiger partial charge >= 0.3 is 5.97 Å². The topological polar surface area (TPSA) is 134 Å². The molecule has 1 aliphatic carbocycles. The molecule has 12 nitrogen and oxygen atoms in total. The molecule has 4 fully saturated rings. The zero-order valence-electron chi connectivity index (χ0n) is 36.7. The molecule has 2 amide bonds. The number of carbonyl (C=O) groups excluding carboxylic acids is 3. The smallest absolute Gasteiger partial charge is 0.324 e. The minimum absolute atomic E-state index is 0.0628. The maximum atomic E-state index is 14.8. The lowest BCUT2D eigenvalue weighted by molar-refractivity contribution is -0.155. The van der Waals surface area contributed by atoms with Crippen molar-refractivity contribution < 1.29 is 19.1 Å². The highest BCUT2D eigenvalue weighted by atomic mass is 32.1. The molecule has 4 aromatic rings. The summed E-state index contributed by atoms with van der Waals surface area (Å²) in [7, 11) is 0. The van der Waals surface area contributed by atoms with Gasteiger partial charge in [0.25, 0.3) is 5.91 Å². The zero-order valence-corrected chi connectivity index (χ0v) is 37.5. The Bertz CT molecular complexity index is 2270. The molecule has 4 aliphatic heterocycles. The molecule has 1 saturated carbocycles. The molecule has 7 heterocycles. The van der Waals surface area contributed by atoms with Crippen molar-refractivity contribution in [2.24, 2.45) is 16.7 Å². The van der Waals surface area contributed by atoms with E-state index in [1.165, 1.54) is 23.3 Å². The maximum Gasteiger partial charge on any atom is 0.324 e. The van der Waals surface area contributed by atoms with Crippen LogP contribution in [0.2, 0.25) is 0 Å². The van der Waals surface area contributed by atoms with Crippen LogP contribution in [0.4, 0.5) is 0 Å². The average molecular weight is 849 g/mol. The van der Waals surface area contributed by atoms with E-state index < -0.39 is 17.5 Å². The third-order valence-electron chi connectivity index (χ3n) is 14.2. The van der Waals surface area contributed by atoms with Gasteiger partial charge < -0.3 is 19.9 Å². The molecule has 0 unspecified atom stereocenters. The summed E-state index contributed by atoms with van der Waals surface area (Å²) >= 11 is 1.53. The highest BCUT2D eigenvalue weighted by Crippen LogP contribution is 2.42. The maximum absolute atomic E-state index is 14.8. The van der Waals surface area contributed by atoms with E-state index in [-0.39, 0.29) is 54.1 Å². The van der Waals surface area contributed by atoms with E-state index in [2.05, 4.69) is 89.8 Å². The Kier molecular flexibility index (Phi) is 11.9. The first-order valence-electron chi connectivity index (χ1n) is 23.0. The van der Waals surface area contributed by atoms with Gasteiger partial charge in [0.15, 0.2) is 0 Å². The Morgan fingerprint density at radius 2 is 1.89 bits per heavy atom. The second kappa shape index (κ2) is 17.2. The summed E-state index contributed by atoms with van der Waals surface area (Å²) in [5.41, 5.74) is 10.6. The number of nitrogens with one attached hydrogen (secondary N) is 3. The Morgan fingerprint density at radius 3 is 2.64 bits per heavy atom. The van der Waals surface area contributed by atoms with Gasteiger partial charge in [0.1, 0.15) is 12.1 Å². The quantitative estimate of drug-likeness (QED) is 0.171. The minimum Gasteiger partial charge on any atom is -0.464 e. The molecule has 9 rings (SSSR count). The molecule has 13 heteroatoms. The van der Waals surface area contributed by atoms with E-state index in [9.17, 15) is 14.4 Å². The first kappa shape index (κ1) is 42.1. The van der Waals surface area contributed by atoms with Crippen molar-refractivity contribution in [3.05, 3.63) is 58.2 Å². The fourth-order valence-corrected chi connectivity index (χ4v) is 11.9. The molecular weight excluding hydrogens is 785 g/mol. The summed E-state index contributed by atoms with van der Waals surface area (Å²) in [4.78, 5) is 55.9. The summed E-state index contributed by atoms with van der Waals surface area (Å²) in [5, 5.41) is 12.4. The van der Waals surface area contributed by atoms with Crippen LogP contribution in [0.25, 0.3) is 33.4 Å². The highest BCUT2D eigenvalue weighted by molar-refractivity contribution is 7.10. The fraction of sp³-hybridized carbons (Fsp3) is 0.604. The SMILES string of the molecule is CCn1c(-c2cccnc2C(C)C)c2c3cc(ccc31)-c1csc(n1)C[C@H](NC(=O)[C@H](C1CCCC1)N1CCCC3(CNC3)C1)C(=O)N1CCC[C@H](N1)C(=O)OCC(C)(C)C2. The van der Waals surface area contributed by atoms with Crippen LogP contribution in [0.3, 0.4) is 0 Å². The lowest BCUT2D eigenvalue weighted by atomic mass is 9.74. The van der Waals surface area contributed by atoms with Crippen LogP contribution in [0.5, 0.6) is 0 Å². The number of aryl methyl sites for hydroxylation is 1. The molecule has 61 heavy (non-hydrogen) atoms. The molecule has 3 saturated heterocycles.